The Morgan fingerprint density at radius 2 is 1.32 bits per heavy atom. The average Bonchev–Trinajstić information content (AvgIpc) is 2.65. The number of carbonyl (C=O) groups excluding carboxylic acids is 1. The monoisotopic (exact) mass is 340 g/mol. The molecule has 0 bridgehead atoms. The molecule has 1 heteroatoms. The van der Waals surface area contributed by atoms with Crippen molar-refractivity contribution < 1.29 is 4.79 Å². The predicted molar refractivity (Wildman–Crippen MR) is 106 cm³/mol. The van der Waals surface area contributed by atoms with Crippen LogP contribution in [0, 0.1) is 11.8 Å². The number of ketones is 1. The maximum Gasteiger partial charge on any atom is 0.136 e. The number of carbonyl (C=O) groups is 1. The zero-order valence-electron chi connectivity index (χ0n) is 16.3. The van der Waals surface area contributed by atoms with Gasteiger partial charge in [0.1, 0.15) is 5.78 Å². The molecule has 0 aromatic heterocycles. The summed E-state index contributed by atoms with van der Waals surface area (Å²) in [5.74, 6) is 3.07. The van der Waals surface area contributed by atoms with Gasteiger partial charge in [0.2, 0.25) is 0 Å². The van der Waals surface area contributed by atoms with E-state index in [0.29, 0.717) is 17.6 Å². The normalized spacial score (nSPS) is 30.4. The second-order valence-electron chi connectivity index (χ2n) is 8.60. The summed E-state index contributed by atoms with van der Waals surface area (Å²) in [5.41, 5.74) is 2.93. The van der Waals surface area contributed by atoms with Crippen molar-refractivity contribution >= 4 is 5.78 Å². The van der Waals surface area contributed by atoms with E-state index in [9.17, 15) is 4.79 Å². The molecule has 0 amide bonds. The predicted octanol–water partition coefficient (Wildman–Crippen LogP) is 7.01. The van der Waals surface area contributed by atoms with Gasteiger partial charge in [0.05, 0.1) is 0 Å². The van der Waals surface area contributed by atoms with Crippen molar-refractivity contribution in [1.29, 1.82) is 0 Å². The lowest BCUT2D eigenvalue weighted by Gasteiger charge is -2.30. The van der Waals surface area contributed by atoms with E-state index in [1.54, 1.807) is 0 Å². The third-order valence-electron chi connectivity index (χ3n) is 6.83. The van der Waals surface area contributed by atoms with Gasteiger partial charge in [-0.05, 0) is 73.8 Å². The minimum absolute atomic E-state index is 0.346. The highest BCUT2D eigenvalue weighted by Crippen LogP contribution is 2.39. The van der Waals surface area contributed by atoms with Crippen LogP contribution in [0.15, 0.2) is 24.3 Å². The Morgan fingerprint density at radius 1 is 0.760 bits per heavy atom. The number of hydrogen-bond donors (Lipinski definition) is 0. The Labute approximate surface area is 154 Å². The molecule has 0 N–H and O–H groups in total. The summed E-state index contributed by atoms with van der Waals surface area (Å²) in [5, 5.41) is 0. The largest absolute Gasteiger partial charge is 0.299 e. The zero-order valence-corrected chi connectivity index (χ0v) is 16.3. The number of rotatable bonds is 6. The highest BCUT2D eigenvalue weighted by atomic mass is 16.1. The summed E-state index contributed by atoms with van der Waals surface area (Å²) in [6, 6.07) is 9.38. The van der Waals surface area contributed by atoms with Crippen LogP contribution in [0.25, 0.3) is 0 Å². The summed E-state index contributed by atoms with van der Waals surface area (Å²) < 4.78 is 0. The molecule has 1 aromatic rings. The fourth-order valence-corrected chi connectivity index (χ4v) is 5.25. The quantitative estimate of drug-likeness (QED) is 0.544. The van der Waals surface area contributed by atoms with Gasteiger partial charge >= 0.3 is 0 Å². The smallest absolute Gasteiger partial charge is 0.136 e. The van der Waals surface area contributed by atoms with Crippen molar-refractivity contribution in [2.45, 2.75) is 96.3 Å². The Kier molecular flexibility index (Phi) is 6.73. The third-order valence-corrected chi connectivity index (χ3v) is 6.83. The van der Waals surface area contributed by atoms with Gasteiger partial charge in [-0.25, -0.2) is 0 Å². The van der Waals surface area contributed by atoms with Crippen LogP contribution in [-0.2, 0) is 4.79 Å². The molecule has 2 fully saturated rings. The molecular weight excluding hydrogens is 304 g/mol. The molecule has 0 radical (unpaired) electrons. The fraction of sp³-hybridized carbons (Fsp3) is 0.708. The molecule has 1 nitrogen and oxygen atoms in total. The standard InChI is InChI=1S/C24H36O/c1-3-5-18-7-9-19(10-8-18)20-11-13-21(14-12-20)23-16-15-22(6-4-2)24(25)17-23/h11-14,18-19,22-23H,3-10,15-17H2,1-2H3/t18?,19?,22-,23-/m1/s1. The van der Waals surface area contributed by atoms with Gasteiger partial charge in [0.25, 0.3) is 0 Å². The lowest BCUT2D eigenvalue weighted by molar-refractivity contribution is -0.125. The molecule has 1 aromatic carbocycles. The maximum absolute atomic E-state index is 12.4. The fourth-order valence-electron chi connectivity index (χ4n) is 5.25. The minimum Gasteiger partial charge on any atom is -0.299 e. The topological polar surface area (TPSA) is 17.1 Å². The van der Waals surface area contributed by atoms with E-state index in [0.717, 1.165) is 37.5 Å². The van der Waals surface area contributed by atoms with Crippen LogP contribution in [0.3, 0.4) is 0 Å². The van der Waals surface area contributed by atoms with Crippen LogP contribution < -0.4 is 0 Å². The Hall–Kier alpha value is -1.11. The van der Waals surface area contributed by atoms with E-state index in [-0.39, 0.29) is 0 Å². The van der Waals surface area contributed by atoms with Crippen molar-refractivity contribution in [3.05, 3.63) is 35.4 Å². The molecule has 138 valence electrons. The first kappa shape index (κ1) is 18.7. The SMILES string of the molecule is CCCC1CCC(c2ccc([C@@H]3CC[C@@H](CCC)C(=O)C3)cc2)CC1. The third kappa shape index (κ3) is 4.74. The number of hydrogen-bond acceptors (Lipinski definition) is 1. The van der Waals surface area contributed by atoms with Gasteiger partial charge in [-0.3, -0.25) is 4.79 Å². The summed E-state index contributed by atoms with van der Waals surface area (Å²) in [6.07, 6.45) is 13.6. The first-order valence-corrected chi connectivity index (χ1v) is 10.8. The van der Waals surface area contributed by atoms with E-state index >= 15 is 0 Å². The molecule has 0 spiro atoms. The van der Waals surface area contributed by atoms with Gasteiger partial charge in [0, 0.05) is 12.3 Å². The average molecular weight is 341 g/mol. The van der Waals surface area contributed by atoms with Gasteiger partial charge in [-0.2, -0.15) is 0 Å². The second-order valence-corrected chi connectivity index (χ2v) is 8.60. The van der Waals surface area contributed by atoms with Crippen molar-refractivity contribution in [1.82, 2.24) is 0 Å². The van der Waals surface area contributed by atoms with Crippen LogP contribution in [-0.4, -0.2) is 5.78 Å². The molecule has 0 saturated heterocycles. The van der Waals surface area contributed by atoms with E-state index in [1.807, 2.05) is 0 Å². The molecular formula is C24H36O. The Bertz CT molecular complexity index is 536. The lowest BCUT2D eigenvalue weighted by Crippen LogP contribution is -2.23. The molecule has 0 heterocycles. The molecule has 2 aliphatic carbocycles. The van der Waals surface area contributed by atoms with Crippen LogP contribution in [0.2, 0.25) is 0 Å². The molecule has 2 saturated carbocycles. The Balaban J connectivity index is 1.55. The van der Waals surface area contributed by atoms with Crippen molar-refractivity contribution in [3.8, 4) is 0 Å². The van der Waals surface area contributed by atoms with Crippen LogP contribution in [0.1, 0.15) is 107 Å². The number of benzene rings is 1. The maximum atomic E-state index is 12.4. The van der Waals surface area contributed by atoms with Crippen molar-refractivity contribution in [2.24, 2.45) is 11.8 Å². The molecule has 0 unspecified atom stereocenters. The van der Waals surface area contributed by atoms with Crippen LogP contribution in [0.5, 0.6) is 0 Å². The van der Waals surface area contributed by atoms with Crippen molar-refractivity contribution in [3.63, 3.8) is 0 Å². The summed E-state index contributed by atoms with van der Waals surface area (Å²) >= 11 is 0. The van der Waals surface area contributed by atoms with E-state index < -0.39 is 0 Å². The van der Waals surface area contributed by atoms with Crippen LogP contribution in [0.4, 0.5) is 0 Å². The van der Waals surface area contributed by atoms with Gasteiger partial charge in [0.15, 0.2) is 0 Å². The highest BCUT2D eigenvalue weighted by molar-refractivity contribution is 5.82. The summed E-state index contributed by atoms with van der Waals surface area (Å²) in [6.45, 7) is 4.50. The Morgan fingerprint density at radius 3 is 1.88 bits per heavy atom. The van der Waals surface area contributed by atoms with Gasteiger partial charge < -0.3 is 0 Å². The minimum atomic E-state index is 0.346. The van der Waals surface area contributed by atoms with E-state index in [4.69, 9.17) is 0 Å². The first-order valence-electron chi connectivity index (χ1n) is 10.8. The molecule has 2 atom stereocenters. The van der Waals surface area contributed by atoms with Crippen molar-refractivity contribution in [2.75, 3.05) is 0 Å². The summed E-state index contributed by atoms with van der Waals surface area (Å²) in [4.78, 5) is 12.4. The van der Waals surface area contributed by atoms with E-state index in [2.05, 4.69) is 38.1 Å². The highest BCUT2D eigenvalue weighted by Gasteiger charge is 2.29. The number of Topliss-reactive ketones (excluding diaryl/α,β-unsaturated/α-hetero) is 1. The molecule has 3 rings (SSSR count). The molecule has 25 heavy (non-hydrogen) atoms. The summed E-state index contributed by atoms with van der Waals surface area (Å²) in [7, 11) is 0. The zero-order chi connectivity index (χ0) is 17.6. The van der Waals surface area contributed by atoms with Crippen LogP contribution >= 0.6 is 0 Å². The van der Waals surface area contributed by atoms with Gasteiger partial charge in [-0.15, -0.1) is 0 Å². The first-order chi connectivity index (χ1) is 12.2. The second kappa shape index (κ2) is 9.01. The van der Waals surface area contributed by atoms with E-state index in [1.165, 1.54) is 56.1 Å². The molecule has 2 aliphatic rings. The van der Waals surface area contributed by atoms with Gasteiger partial charge in [-0.1, -0.05) is 57.4 Å². The molecule has 0 aliphatic heterocycles. The lowest BCUT2D eigenvalue weighted by atomic mass is 9.75.